The second-order valence-corrected chi connectivity index (χ2v) is 7.91. The highest BCUT2D eigenvalue weighted by Gasteiger charge is 2.37. The largest absolute Gasteiger partial charge is 0.455 e. The number of rotatable bonds is 3. The van der Waals surface area contributed by atoms with Crippen molar-refractivity contribution in [2.75, 3.05) is 6.54 Å². The minimum atomic E-state index is -0.798. The van der Waals surface area contributed by atoms with Gasteiger partial charge in [-0.3, -0.25) is 9.59 Å². The Hall–Kier alpha value is -1.62. The fourth-order valence-electron chi connectivity index (χ4n) is 3.83. The van der Waals surface area contributed by atoms with Gasteiger partial charge in [-0.25, -0.2) is 0 Å². The van der Waals surface area contributed by atoms with E-state index in [0.29, 0.717) is 42.6 Å². The molecule has 3 rings (SSSR count). The van der Waals surface area contributed by atoms with Crippen molar-refractivity contribution >= 4 is 11.7 Å². The van der Waals surface area contributed by atoms with E-state index in [4.69, 9.17) is 4.42 Å². The molecule has 1 saturated carbocycles. The van der Waals surface area contributed by atoms with E-state index in [-0.39, 0.29) is 29.4 Å². The molecule has 0 aromatic carbocycles. The van der Waals surface area contributed by atoms with E-state index >= 15 is 0 Å². The minimum absolute atomic E-state index is 0.0472. The summed E-state index contributed by atoms with van der Waals surface area (Å²) in [5.74, 6) is 0.532. The SMILES string of the molecule is Cc1c(C(=O)NCC2(O)CCCC2)oc2c1C(=O)CC(C)(C)C2. The zero-order valence-electron chi connectivity index (χ0n) is 14.1. The number of amides is 1. The smallest absolute Gasteiger partial charge is 0.287 e. The van der Waals surface area contributed by atoms with E-state index in [9.17, 15) is 14.7 Å². The van der Waals surface area contributed by atoms with Gasteiger partial charge in [-0.1, -0.05) is 26.7 Å². The van der Waals surface area contributed by atoms with Crippen LogP contribution >= 0.6 is 0 Å². The zero-order chi connectivity index (χ0) is 16.8. The molecule has 5 nitrogen and oxygen atoms in total. The molecule has 2 aliphatic rings. The van der Waals surface area contributed by atoms with Crippen LogP contribution in [0.4, 0.5) is 0 Å². The number of fused-ring (bicyclic) bond motifs is 1. The van der Waals surface area contributed by atoms with Crippen molar-refractivity contribution in [1.82, 2.24) is 5.32 Å². The summed E-state index contributed by atoms with van der Waals surface area (Å²) in [5, 5.41) is 13.1. The van der Waals surface area contributed by atoms with Crippen LogP contribution in [-0.2, 0) is 6.42 Å². The molecule has 1 fully saturated rings. The maximum atomic E-state index is 12.4. The lowest BCUT2D eigenvalue weighted by atomic mass is 9.76. The third-order valence-corrected chi connectivity index (χ3v) is 5.10. The van der Waals surface area contributed by atoms with Gasteiger partial charge in [0.05, 0.1) is 11.2 Å². The highest BCUT2D eigenvalue weighted by atomic mass is 16.4. The molecule has 1 amide bonds. The number of hydrogen-bond donors (Lipinski definition) is 2. The van der Waals surface area contributed by atoms with Gasteiger partial charge in [-0.05, 0) is 25.2 Å². The molecule has 5 heteroatoms. The van der Waals surface area contributed by atoms with E-state index in [0.717, 1.165) is 12.8 Å². The highest BCUT2D eigenvalue weighted by molar-refractivity contribution is 6.03. The van der Waals surface area contributed by atoms with Crippen LogP contribution in [0.1, 0.15) is 78.2 Å². The molecule has 0 unspecified atom stereocenters. The van der Waals surface area contributed by atoms with Gasteiger partial charge in [0.1, 0.15) is 5.76 Å². The molecule has 0 aliphatic heterocycles. The fraction of sp³-hybridized carbons (Fsp3) is 0.667. The Balaban J connectivity index is 1.78. The molecule has 0 radical (unpaired) electrons. The Bertz CT molecular complexity index is 650. The van der Waals surface area contributed by atoms with Gasteiger partial charge < -0.3 is 14.8 Å². The summed E-state index contributed by atoms with van der Waals surface area (Å²) in [6.45, 7) is 6.05. The first-order chi connectivity index (χ1) is 10.7. The topological polar surface area (TPSA) is 79.5 Å². The lowest BCUT2D eigenvalue weighted by Crippen LogP contribution is -2.40. The molecule has 2 N–H and O–H groups in total. The predicted octanol–water partition coefficient (Wildman–Crippen LogP) is 2.78. The van der Waals surface area contributed by atoms with E-state index in [1.54, 1.807) is 6.92 Å². The molecule has 0 saturated heterocycles. The van der Waals surface area contributed by atoms with Gasteiger partial charge in [0.15, 0.2) is 11.5 Å². The van der Waals surface area contributed by atoms with Crippen LogP contribution in [0.15, 0.2) is 4.42 Å². The van der Waals surface area contributed by atoms with Gasteiger partial charge in [-0.15, -0.1) is 0 Å². The summed E-state index contributed by atoms with van der Waals surface area (Å²) in [5.41, 5.74) is 0.264. The third-order valence-electron chi connectivity index (χ3n) is 5.10. The normalized spacial score (nSPS) is 22.0. The quantitative estimate of drug-likeness (QED) is 0.898. The summed E-state index contributed by atoms with van der Waals surface area (Å²) in [4.78, 5) is 24.8. The van der Waals surface area contributed by atoms with Crippen molar-refractivity contribution in [1.29, 1.82) is 0 Å². The summed E-state index contributed by atoms with van der Waals surface area (Å²) in [7, 11) is 0. The van der Waals surface area contributed by atoms with Crippen LogP contribution < -0.4 is 5.32 Å². The second kappa shape index (κ2) is 5.48. The average Bonchev–Trinajstić information content (AvgIpc) is 3.00. The Kier molecular flexibility index (Phi) is 3.87. The first kappa shape index (κ1) is 16.2. The van der Waals surface area contributed by atoms with E-state index in [1.165, 1.54) is 0 Å². The second-order valence-electron chi connectivity index (χ2n) is 7.91. The zero-order valence-corrected chi connectivity index (χ0v) is 14.1. The Morgan fingerprint density at radius 3 is 2.57 bits per heavy atom. The van der Waals surface area contributed by atoms with E-state index in [2.05, 4.69) is 5.32 Å². The molecular formula is C18H25NO4. The third kappa shape index (κ3) is 3.07. The van der Waals surface area contributed by atoms with Gasteiger partial charge in [-0.2, -0.15) is 0 Å². The predicted molar refractivity (Wildman–Crippen MR) is 85.6 cm³/mol. The lowest BCUT2D eigenvalue weighted by Gasteiger charge is -2.27. The number of carbonyl (C=O) groups excluding carboxylic acids is 2. The molecule has 0 spiro atoms. The van der Waals surface area contributed by atoms with Crippen LogP contribution in [0.5, 0.6) is 0 Å². The van der Waals surface area contributed by atoms with E-state index in [1.807, 2.05) is 13.8 Å². The Morgan fingerprint density at radius 2 is 1.91 bits per heavy atom. The van der Waals surface area contributed by atoms with Crippen molar-refractivity contribution < 1.29 is 19.1 Å². The standard InChI is InChI=1S/C18H25NO4/c1-11-14-12(20)8-17(2,3)9-13(14)23-15(11)16(21)19-10-18(22)6-4-5-7-18/h22H,4-10H2,1-3H3,(H,19,21). The molecule has 2 aliphatic carbocycles. The summed E-state index contributed by atoms with van der Waals surface area (Å²) in [6.07, 6.45) is 4.54. The van der Waals surface area contributed by atoms with Gasteiger partial charge in [0.25, 0.3) is 5.91 Å². The van der Waals surface area contributed by atoms with Crippen LogP contribution in [0.3, 0.4) is 0 Å². The number of aliphatic hydroxyl groups is 1. The molecular weight excluding hydrogens is 294 g/mol. The fourth-order valence-corrected chi connectivity index (χ4v) is 3.83. The van der Waals surface area contributed by atoms with Crippen molar-refractivity contribution in [3.8, 4) is 0 Å². The number of furan rings is 1. The van der Waals surface area contributed by atoms with Crippen LogP contribution in [0, 0.1) is 12.3 Å². The first-order valence-electron chi connectivity index (χ1n) is 8.37. The molecule has 126 valence electrons. The molecule has 0 bridgehead atoms. The highest BCUT2D eigenvalue weighted by Crippen LogP contribution is 2.38. The van der Waals surface area contributed by atoms with E-state index < -0.39 is 5.60 Å². The lowest BCUT2D eigenvalue weighted by molar-refractivity contribution is 0.0443. The minimum Gasteiger partial charge on any atom is -0.455 e. The number of hydrogen-bond acceptors (Lipinski definition) is 4. The number of carbonyl (C=O) groups is 2. The van der Waals surface area contributed by atoms with Crippen molar-refractivity contribution in [3.63, 3.8) is 0 Å². The first-order valence-corrected chi connectivity index (χ1v) is 8.37. The van der Waals surface area contributed by atoms with Crippen molar-refractivity contribution in [3.05, 3.63) is 22.6 Å². The van der Waals surface area contributed by atoms with Crippen LogP contribution in [0.2, 0.25) is 0 Å². The maximum absolute atomic E-state index is 12.4. The molecule has 23 heavy (non-hydrogen) atoms. The number of Topliss-reactive ketones (excluding diaryl/α,β-unsaturated/α-hetero) is 1. The number of ketones is 1. The van der Waals surface area contributed by atoms with Gasteiger partial charge in [0.2, 0.25) is 0 Å². The number of nitrogens with one attached hydrogen (secondary N) is 1. The van der Waals surface area contributed by atoms with Crippen LogP contribution in [0.25, 0.3) is 0 Å². The monoisotopic (exact) mass is 319 g/mol. The average molecular weight is 319 g/mol. The van der Waals surface area contributed by atoms with Crippen molar-refractivity contribution in [2.24, 2.45) is 5.41 Å². The summed E-state index contributed by atoms with van der Waals surface area (Å²) >= 11 is 0. The molecule has 0 atom stereocenters. The van der Waals surface area contributed by atoms with Crippen LogP contribution in [-0.4, -0.2) is 28.9 Å². The maximum Gasteiger partial charge on any atom is 0.287 e. The molecule has 1 aromatic heterocycles. The summed E-state index contributed by atoms with van der Waals surface area (Å²) in [6, 6.07) is 0. The molecule has 1 aromatic rings. The van der Waals surface area contributed by atoms with Gasteiger partial charge in [0, 0.05) is 24.9 Å². The summed E-state index contributed by atoms with van der Waals surface area (Å²) < 4.78 is 5.74. The van der Waals surface area contributed by atoms with Crippen molar-refractivity contribution in [2.45, 2.75) is 64.9 Å². The molecule has 1 heterocycles. The Morgan fingerprint density at radius 1 is 1.26 bits per heavy atom. The Labute approximate surface area is 136 Å². The van der Waals surface area contributed by atoms with Gasteiger partial charge >= 0.3 is 0 Å².